The van der Waals surface area contributed by atoms with E-state index in [1.165, 1.54) is 6.07 Å². The summed E-state index contributed by atoms with van der Waals surface area (Å²) in [5.74, 6) is -0.830. The number of benzene rings is 2. The van der Waals surface area contributed by atoms with Crippen molar-refractivity contribution in [3.8, 4) is 0 Å². The minimum atomic E-state index is -0.435. The van der Waals surface area contributed by atoms with Crippen molar-refractivity contribution in [1.82, 2.24) is 15.8 Å². The third-order valence-electron chi connectivity index (χ3n) is 3.21. The Morgan fingerprint density at radius 2 is 1.73 bits per heavy atom. The normalized spacial score (nSPS) is 10.4. The molecule has 0 atom stereocenters. The summed E-state index contributed by atoms with van der Waals surface area (Å²) < 4.78 is 0. The van der Waals surface area contributed by atoms with Gasteiger partial charge in [-0.15, -0.1) is 0 Å². The molecule has 0 fully saturated rings. The Labute approximate surface area is 131 Å². The highest BCUT2D eigenvalue weighted by Crippen LogP contribution is 2.17. The number of aromatic nitrogens is 1. The molecule has 0 aliphatic rings. The average Bonchev–Trinajstić information content (AvgIpc) is 2.96. The fourth-order valence-electron chi connectivity index (χ4n) is 2.14. The van der Waals surface area contributed by atoms with Crippen molar-refractivity contribution in [2.45, 2.75) is 0 Å². The highest BCUT2D eigenvalue weighted by molar-refractivity contribution is 6.31. The zero-order valence-corrected chi connectivity index (χ0v) is 12.1. The minimum Gasteiger partial charge on any atom is -0.360 e. The number of carbonyl (C=O) groups is 2. The quantitative estimate of drug-likeness (QED) is 0.636. The lowest BCUT2D eigenvalue weighted by Crippen LogP contribution is -2.41. The molecule has 1 heterocycles. The molecule has 3 rings (SSSR count). The van der Waals surface area contributed by atoms with Gasteiger partial charge in [0, 0.05) is 27.7 Å². The summed E-state index contributed by atoms with van der Waals surface area (Å²) >= 11 is 5.83. The Morgan fingerprint density at radius 1 is 0.955 bits per heavy atom. The monoisotopic (exact) mass is 313 g/mol. The van der Waals surface area contributed by atoms with E-state index in [4.69, 9.17) is 11.6 Å². The van der Waals surface area contributed by atoms with E-state index in [1.54, 1.807) is 24.4 Å². The van der Waals surface area contributed by atoms with Crippen molar-refractivity contribution in [1.29, 1.82) is 0 Å². The van der Waals surface area contributed by atoms with Gasteiger partial charge in [0.25, 0.3) is 11.8 Å². The second kappa shape index (κ2) is 5.91. The van der Waals surface area contributed by atoms with E-state index in [0.717, 1.165) is 10.9 Å². The highest BCUT2D eigenvalue weighted by atomic mass is 35.5. The van der Waals surface area contributed by atoms with Crippen molar-refractivity contribution >= 4 is 34.3 Å². The van der Waals surface area contributed by atoms with Gasteiger partial charge >= 0.3 is 0 Å². The maximum absolute atomic E-state index is 12.2. The molecular formula is C16H12ClN3O2. The molecule has 22 heavy (non-hydrogen) atoms. The SMILES string of the molecule is O=C(NNC(=O)c1c[nH]c2ccccc12)c1cccc(Cl)c1. The number of halogens is 1. The second-order valence-corrected chi connectivity index (χ2v) is 5.10. The second-order valence-electron chi connectivity index (χ2n) is 4.67. The van der Waals surface area contributed by atoms with Gasteiger partial charge in [-0.2, -0.15) is 0 Å². The van der Waals surface area contributed by atoms with Gasteiger partial charge in [0.2, 0.25) is 0 Å². The molecule has 1 aromatic heterocycles. The summed E-state index contributed by atoms with van der Waals surface area (Å²) in [5.41, 5.74) is 6.44. The van der Waals surface area contributed by atoms with Crippen LogP contribution >= 0.6 is 11.6 Å². The molecule has 0 spiro atoms. The van der Waals surface area contributed by atoms with E-state index in [0.29, 0.717) is 16.1 Å². The van der Waals surface area contributed by atoms with Crippen LogP contribution in [0.3, 0.4) is 0 Å². The molecule has 110 valence electrons. The van der Waals surface area contributed by atoms with Gasteiger partial charge in [0.1, 0.15) is 0 Å². The lowest BCUT2D eigenvalue weighted by molar-refractivity contribution is 0.0847. The van der Waals surface area contributed by atoms with Crippen molar-refractivity contribution in [3.05, 3.63) is 70.9 Å². The van der Waals surface area contributed by atoms with E-state index >= 15 is 0 Å². The molecule has 2 amide bonds. The maximum atomic E-state index is 12.2. The molecule has 3 N–H and O–H groups in total. The van der Waals surface area contributed by atoms with E-state index in [-0.39, 0.29) is 0 Å². The van der Waals surface area contributed by atoms with Crippen LogP contribution in [0.2, 0.25) is 5.02 Å². The van der Waals surface area contributed by atoms with Crippen LogP contribution in [0, 0.1) is 0 Å². The van der Waals surface area contributed by atoms with Gasteiger partial charge in [-0.3, -0.25) is 20.4 Å². The number of hydrogen-bond donors (Lipinski definition) is 3. The first-order valence-electron chi connectivity index (χ1n) is 6.57. The van der Waals surface area contributed by atoms with Crippen LogP contribution in [0.4, 0.5) is 0 Å². The molecule has 0 bridgehead atoms. The van der Waals surface area contributed by atoms with Crippen LogP contribution in [0.15, 0.2) is 54.7 Å². The van der Waals surface area contributed by atoms with Gasteiger partial charge in [0.15, 0.2) is 0 Å². The molecular weight excluding hydrogens is 302 g/mol. The van der Waals surface area contributed by atoms with Gasteiger partial charge in [-0.05, 0) is 24.3 Å². The Bertz CT molecular complexity index is 857. The third-order valence-corrected chi connectivity index (χ3v) is 3.45. The van der Waals surface area contributed by atoms with Crippen molar-refractivity contribution in [2.24, 2.45) is 0 Å². The molecule has 0 unspecified atom stereocenters. The van der Waals surface area contributed by atoms with Crippen LogP contribution in [0.1, 0.15) is 20.7 Å². The number of hydrogen-bond acceptors (Lipinski definition) is 2. The summed E-state index contributed by atoms with van der Waals surface area (Å²) in [6, 6.07) is 13.9. The van der Waals surface area contributed by atoms with Crippen molar-refractivity contribution in [2.75, 3.05) is 0 Å². The highest BCUT2D eigenvalue weighted by Gasteiger charge is 2.13. The zero-order valence-electron chi connectivity index (χ0n) is 11.4. The summed E-state index contributed by atoms with van der Waals surface area (Å²) in [6.07, 6.45) is 1.60. The number of aromatic amines is 1. The lowest BCUT2D eigenvalue weighted by atomic mass is 10.2. The fourth-order valence-corrected chi connectivity index (χ4v) is 2.33. The minimum absolute atomic E-state index is 0.367. The number of carbonyl (C=O) groups excluding carboxylic acids is 2. The topological polar surface area (TPSA) is 74.0 Å². The first-order chi connectivity index (χ1) is 10.6. The summed E-state index contributed by atoms with van der Waals surface area (Å²) in [4.78, 5) is 27.1. The first-order valence-corrected chi connectivity index (χ1v) is 6.95. The van der Waals surface area contributed by atoms with E-state index in [2.05, 4.69) is 15.8 Å². The van der Waals surface area contributed by atoms with Crippen LogP contribution in [-0.2, 0) is 0 Å². The summed E-state index contributed by atoms with van der Waals surface area (Å²) in [7, 11) is 0. The van der Waals surface area contributed by atoms with Gasteiger partial charge in [-0.25, -0.2) is 0 Å². The molecule has 0 radical (unpaired) electrons. The van der Waals surface area contributed by atoms with E-state index < -0.39 is 11.8 Å². The molecule has 0 aliphatic heterocycles. The zero-order chi connectivity index (χ0) is 15.5. The number of hydrazine groups is 1. The lowest BCUT2D eigenvalue weighted by Gasteiger charge is -2.07. The predicted octanol–water partition coefficient (Wildman–Crippen LogP) is 2.90. The standard InChI is InChI=1S/C16H12ClN3O2/c17-11-5-3-4-10(8-11)15(21)19-20-16(22)13-9-18-14-7-2-1-6-12(13)14/h1-9,18H,(H,19,21)(H,20,22). The molecule has 0 aliphatic carbocycles. The van der Waals surface area contributed by atoms with Crippen LogP contribution < -0.4 is 10.9 Å². The third kappa shape index (κ3) is 2.80. The van der Waals surface area contributed by atoms with Crippen LogP contribution in [0.25, 0.3) is 10.9 Å². The Kier molecular flexibility index (Phi) is 3.80. The Hall–Kier alpha value is -2.79. The molecule has 5 nitrogen and oxygen atoms in total. The smallest absolute Gasteiger partial charge is 0.271 e. The van der Waals surface area contributed by atoms with Crippen LogP contribution in [-0.4, -0.2) is 16.8 Å². The molecule has 0 saturated heterocycles. The Morgan fingerprint density at radius 3 is 2.55 bits per heavy atom. The number of H-pyrrole nitrogens is 1. The number of rotatable bonds is 2. The number of amides is 2. The largest absolute Gasteiger partial charge is 0.360 e. The molecule has 0 saturated carbocycles. The summed E-state index contributed by atoms with van der Waals surface area (Å²) in [6.45, 7) is 0. The van der Waals surface area contributed by atoms with Gasteiger partial charge in [-0.1, -0.05) is 35.9 Å². The van der Waals surface area contributed by atoms with Crippen molar-refractivity contribution in [3.63, 3.8) is 0 Å². The Balaban J connectivity index is 1.71. The van der Waals surface area contributed by atoms with E-state index in [1.807, 2.05) is 24.3 Å². The summed E-state index contributed by atoms with van der Waals surface area (Å²) in [5, 5.41) is 1.24. The number of para-hydroxylation sites is 1. The average molecular weight is 314 g/mol. The van der Waals surface area contributed by atoms with E-state index in [9.17, 15) is 9.59 Å². The predicted molar refractivity (Wildman–Crippen MR) is 84.7 cm³/mol. The van der Waals surface area contributed by atoms with Gasteiger partial charge < -0.3 is 4.98 Å². The number of nitrogens with one attached hydrogen (secondary N) is 3. The fraction of sp³-hybridized carbons (Fsp3) is 0. The maximum Gasteiger partial charge on any atom is 0.271 e. The molecule has 3 aromatic rings. The first kappa shape index (κ1) is 14.2. The van der Waals surface area contributed by atoms with Gasteiger partial charge in [0.05, 0.1) is 5.56 Å². The molecule has 6 heteroatoms. The number of fused-ring (bicyclic) bond motifs is 1. The van der Waals surface area contributed by atoms with Crippen molar-refractivity contribution < 1.29 is 9.59 Å². The molecule has 2 aromatic carbocycles. The van der Waals surface area contributed by atoms with Crippen LogP contribution in [0.5, 0.6) is 0 Å².